The number of aliphatic hydroxyl groups is 1. The van der Waals surface area contributed by atoms with Crippen molar-refractivity contribution in [2.45, 2.75) is 26.3 Å². The van der Waals surface area contributed by atoms with Crippen LogP contribution in [0.2, 0.25) is 0 Å². The largest absolute Gasteiger partial charge is 0.494 e. The van der Waals surface area contributed by atoms with Crippen molar-refractivity contribution in [1.29, 1.82) is 0 Å². The Morgan fingerprint density at radius 3 is 2.75 bits per heavy atom. The van der Waals surface area contributed by atoms with E-state index in [1.54, 1.807) is 0 Å². The van der Waals surface area contributed by atoms with Crippen LogP contribution in [-0.4, -0.2) is 49.4 Å². The molecule has 2 saturated heterocycles. The summed E-state index contributed by atoms with van der Waals surface area (Å²) in [6.07, 6.45) is 2.52. The van der Waals surface area contributed by atoms with Crippen molar-refractivity contribution in [2.75, 3.05) is 39.4 Å². The van der Waals surface area contributed by atoms with Crippen LogP contribution < -0.4 is 10.1 Å². The summed E-state index contributed by atoms with van der Waals surface area (Å²) in [5.74, 6) is 2.88. The van der Waals surface area contributed by atoms with Crippen molar-refractivity contribution in [3.8, 4) is 5.75 Å². The second-order valence-corrected chi connectivity index (χ2v) is 6.96. The first-order chi connectivity index (χ1) is 11.3. The van der Waals surface area contributed by atoms with Gasteiger partial charge in [-0.3, -0.25) is 4.90 Å². The van der Waals surface area contributed by atoms with E-state index in [1.165, 1.54) is 18.4 Å². The molecule has 136 valence electrons. The first kappa shape index (κ1) is 19.5. The van der Waals surface area contributed by atoms with Gasteiger partial charge < -0.3 is 15.2 Å². The van der Waals surface area contributed by atoms with Gasteiger partial charge in [0.15, 0.2) is 0 Å². The van der Waals surface area contributed by atoms with Gasteiger partial charge in [0.05, 0.1) is 6.61 Å². The molecule has 2 fully saturated rings. The second-order valence-electron chi connectivity index (χ2n) is 6.96. The maximum Gasteiger partial charge on any atom is 0.119 e. The van der Waals surface area contributed by atoms with Crippen molar-refractivity contribution >= 4 is 12.4 Å². The molecule has 2 aliphatic heterocycles. The maximum atomic E-state index is 9.52. The fourth-order valence-corrected chi connectivity index (χ4v) is 4.20. The minimum absolute atomic E-state index is 0. The average molecular weight is 355 g/mol. The number of piperidine rings is 1. The monoisotopic (exact) mass is 354 g/mol. The zero-order valence-electron chi connectivity index (χ0n) is 14.6. The molecule has 1 aromatic rings. The molecule has 4 nitrogen and oxygen atoms in total. The minimum Gasteiger partial charge on any atom is -0.494 e. The molecule has 2 N–H and O–H groups in total. The van der Waals surface area contributed by atoms with E-state index < -0.39 is 0 Å². The van der Waals surface area contributed by atoms with Gasteiger partial charge in [-0.25, -0.2) is 0 Å². The van der Waals surface area contributed by atoms with Crippen molar-refractivity contribution in [3.05, 3.63) is 29.8 Å². The highest BCUT2D eigenvalue weighted by molar-refractivity contribution is 5.85. The molecule has 0 bridgehead atoms. The van der Waals surface area contributed by atoms with Crippen LogP contribution in [-0.2, 0) is 6.54 Å². The molecule has 0 aromatic heterocycles. The lowest BCUT2D eigenvalue weighted by Gasteiger charge is -2.36. The highest BCUT2D eigenvalue weighted by Crippen LogP contribution is 2.32. The van der Waals surface area contributed by atoms with Crippen LogP contribution in [0.3, 0.4) is 0 Å². The highest BCUT2D eigenvalue weighted by atomic mass is 35.5. The molecule has 0 aliphatic carbocycles. The van der Waals surface area contributed by atoms with E-state index in [2.05, 4.69) is 28.4 Å². The normalized spacial score (nSPS) is 25.4. The van der Waals surface area contributed by atoms with Gasteiger partial charge in [-0.05, 0) is 74.8 Å². The summed E-state index contributed by atoms with van der Waals surface area (Å²) < 4.78 is 5.60. The molecule has 2 atom stereocenters. The van der Waals surface area contributed by atoms with Crippen LogP contribution in [0.25, 0.3) is 0 Å². The lowest BCUT2D eigenvalue weighted by Crippen LogP contribution is -2.38. The number of hydrogen-bond acceptors (Lipinski definition) is 4. The van der Waals surface area contributed by atoms with Gasteiger partial charge >= 0.3 is 0 Å². The van der Waals surface area contributed by atoms with Crippen LogP contribution in [0.1, 0.15) is 25.3 Å². The zero-order valence-corrected chi connectivity index (χ0v) is 15.4. The summed E-state index contributed by atoms with van der Waals surface area (Å²) in [4.78, 5) is 2.55. The summed E-state index contributed by atoms with van der Waals surface area (Å²) in [6, 6.07) is 8.47. The van der Waals surface area contributed by atoms with Crippen molar-refractivity contribution in [3.63, 3.8) is 0 Å². The number of nitrogens with one attached hydrogen (secondary N) is 1. The first-order valence-corrected chi connectivity index (χ1v) is 9.05. The number of ether oxygens (including phenoxy) is 1. The lowest BCUT2D eigenvalue weighted by molar-refractivity contribution is 0.108. The standard InChI is InChI=1S/C19H30N2O2.ClH/c1-2-23-18-5-3-4-15(10-18)13-21-8-6-16(7-9-21)19-12-20-11-17(19)14-22;/h3-5,10,16-17,19-20,22H,2,6-9,11-14H2,1H3;1H/t17-,19-;/m0./s1. The Hall–Kier alpha value is -0.810. The number of halogens is 1. The molecule has 24 heavy (non-hydrogen) atoms. The Balaban J connectivity index is 0.00000208. The Labute approximate surface area is 152 Å². The van der Waals surface area contributed by atoms with Gasteiger partial charge in [-0.15, -0.1) is 12.4 Å². The molecular formula is C19H31ClN2O2. The molecule has 1 aromatic carbocycles. The molecule has 2 aliphatic rings. The van der Waals surface area contributed by atoms with Crippen LogP contribution in [0, 0.1) is 17.8 Å². The maximum absolute atomic E-state index is 9.52. The number of rotatable bonds is 6. The van der Waals surface area contributed by atoms with E-state index in [1.807, 2.05) is 13.0 Å². The van der Waals surface area contributed by atoms with Crippen molar-refractivity contribution in [1.82, 2.24) is 10.2 Å². The summed E-state index contributed by atoms with van der Waals surface area (Å²) in [5.41, 5.74) is 1.34. The fraction of sp³-hybridized carbons (Fsp3) is 0.684. The molecule has 3 rings (SSSR count). The van der Waals surface area contributed by atoms with E-state index >= 15 is 0 Å². The minimum atomic E-state index is 0. The number of nitrogens with zero attached hydrogens (tertiary/aromatic N) is 1. The molecule has 0 saturated carbocycles. The predicted octanol–water partition coefficient (Wildman–Crippen LogP) is 2.55. The number of aliphatic hydroxyl groups excluding tert-OH is 1. The third-order valence-corrected chi connectivity index (χ3v) is 5.48. The molecule has 0 spiro atoms. The number of hydrogen-bond donors (Lipinski definition) is 2. The molecule has 2 heterocycles. The zero-order chi connectivity index (χ0) is 16.1. The number of benzene rings is 1. The Kier molecular flexibility index (Phi) is 7.82. The van der Waals surface area contributed by atoms with Crippen LogP contribution in [0.15, 0.2) is 24.3 Å². The molecule has 0 unspecified atom stereocenters. The van der Waals surface area contributed by atoms with Crippen molar-refractivity contribution < 1.29 is 9.84 Å². The van der Waals surface area contributed by atoms with Gasteiger partial charge in [0, 0.05) is 19.7 Å². The smallest absolute Gasteiger partial charge is 0.119 e. The molecule has 5 heteroatoms. The van der Waals surface area contributed by atoms with E-state index in [4.69, 9.17) is 4.74 Å². The Morgan fingerprint density at radius 2 is 2.04 bits per heavy atom. The quantitative estimate of drug-likeness (QED) is 0.824. The van der Waals surface area contributed by atoms with Gasteiger partial charge in [-0.2, -0.15) is 0 Å². The van der Waals surface area contributed by atoms with Gasteiger partial charge in [0.1, 0.15) is 5.75 Å². The van der Waals surface area contributed by atoms with Crippen LogP contribution in [0.4, 0.5) is 0 Å². The third kappa shape index (κ3) is 4.85. The van der Waals surface area contributed by atoms with Gasteiger partial charge in [0.25, 0.3) is 0 Å². The lowest BCUT2D eigenvalue weighted by atomic mass is 9.79. The summed E-state index contributed by atoms with van der Waals surface area (Å²) in [7, 11) is 0. The second kappa shape index (κ2) is 9.62. The molecule has 0 amide bonds. The third-order valence-electron chi connectivity index (χ3n) is 5.48. The Bertz CT molecular complexity index is 492. The van der Waals surface area contributed by atoms with E-state index in [0.717, 1.165) is 51.0 Å². The molecule has 0 radical (unpaired) electrons. The SMILES string of the molecule is CCOc1cccc(CN2CCC([C@@H]3CNC[C@H]3CO)CC2)c1.Cl. The van der Waals surface area contributed by atoms with Gasteiger partial charge in [-0.1, -0.05) is 12.1 Å². The molecular weight excluding hydrogens is 324 g/mol. The van der Waals surface area contributed by atoms with E-state index in [-0.39, 0.29) is 12.4 Å². The van der Waals surface area contributed by atoms with E-state index in [9.17, 15) is 5.11 Å². The fourth-order valence-electron chi connectivity index (χ4n) is 4.20. The highest BCUT2D eigenvalue weighted by Gasteiger charge is 2.34. The topological polar surface area (TPSA) is 44.7 Å². The van der Waals surface area contributed by atoms with Crippen LogP contribution in [0.5, 0.6) is 5.75 Å². The van der Waals surface area contributed by atoms with Gasteiger partial charge in [0.2, 0.25) is 0 Å². The Morgan fingerprint density at radius 1 is 1.25 bits per heavy atom. The average Bonchev–Trinajstić information content (AvgIpc) is 3.05. The van der Waals surface area contributed by atoms with Crippen LogP contribution >= 0.6 is 12.4 Å². The predicted molar refractivity (Wildman–Crippen MR) is 99.8 cm³/mol. The summed E-state index contributed by atoms with van der Waals surface area (Å²) in [5, 5.41) is 13.0. The van der Waals surface area contributed by atoms with Crippen molar-refractivity contribution in [2.24, 2.45) is 17.8 Å². The number of likely N-dealkylation sites (tertiary alicyclic amines) is 1. The van der Waals surface area contributed by atoms with E-state index in [0.29, 0.717) is 18.4 Å². The first-order valence-electron chi connectivity index (χ1n) is 9.05. The summed E-state index contributed by atoms with van der Waals surface area (Å²) >= 11 is 0. The summed E-state index contributed by atoms with van der Waals surface area (Å²) in [6.45, 7) is 8.50.